The minimum absolute atomic E-state index is 0.390. The summed E-state index contributed by atoms with van der Waals surface area (Å²) in [6.07, 6.45) is 0.627. The largest absolute Gasteiger partial charge is 0.495 e. The van der Waals surface area contributed by atoms with Crippen LogP contribution in [0.3, 0.4) is 0 Å². The number of pyridine rings is 1. The molecule has 2 aromatic heterocycles. The van der Waals surface area contributed by atoms with Crippen molar-refractivity contribution in [2.45, 2.75) is 6.10 Å². The molecule has 1 N–H and O–H groups in total. The molecule has 2 rings (SSSR count). The zero-order valence-corrected chi connectivity index (χ0v) is 12.0. The van der Waals surface area contributed by atoms with E-state index in [0.29, 0.717) is 21.9 Å². The Labute approximate surface area is 115 Å². The van der Waals surface area contributed by atoms with Gasteiger partial charge in [0.1, 0.15) is 17.2 Å². The highest BCUT2D eigenvalue weighted by Gasteiger charge is 2.21. The van der Waals surface area contributed by atoms with E-state index in [2.05, 4.69) is 36.8 Å². The number of furan rings is 1. The van der Waals surface area contributed by atoms with Gasteiger partial charge in [0.2, 0.25) is 0 Å². The topological polar surface area (TPSA) is 55.5 Å². The molecule has 17 heavy (non-hydrogen) atoms. The van der Waals surface area contributed by atoms with Gasteiger partial charge in [0.25, 0.3) is 0 Å². The van der Waals surface area contributed by atoms with E-state index in [-0.39, 0.29) is 0 Å². The van der Waals surface area contributed by atoms with Crippen molar-refractivity contribution in [3.8, 4) is 5.75 Å². The molecule has 0 fully saturated rings. The Morgan fingerprint density at radius 3 is 2.82 bits per heavy atom. The van der Waals surface area contributed by atoms with E-state index in [1.165, 1.54) is 7.11 Å². The van der Waals surface area contributed by atoms with Gasteiger partial charge in [0.15, 0.2) is 10.8 Å². The molecule has 1 unspecified atom stereocenters. The van der Waals surface area contributed by atoms with Gasteiger partial charge in [-0.05, 0) is 50.1 Å². The summed E-state index contributed by atoms with van der Waals surface area (Å²) in [4.78, 5) is 4.10. The molecule has 6 heteroatoms. The lowest BCUT2D eigenvalue weighted by atomic mass is 10.1. The molecular formula is C11H9Br2NO3. The Balaban J connectivity index is 2.39. The van der Waals surface area contributed by atoms with E-state index in [9.17, 15) is 5.11 Å². The fourth-order valence-corrected chi connectivity index (χ4v) is 2.02. The number of aromatic nitrogens is 1. The van der Waals surface area contributed by atoms with Gasteiger partial charge in [-0.15, -0.1) is 0 Å². The monoisotopic (exact) mass is 361 g/mol. The van der Waals surface area contributed by atoms with Crippen LogP contribution in [0.5, 0.6) is 5.75 Å². The molecule has 0 saturated heterocycles. The van der Waals surface area contributed by atoms with Crippen molar-refractivity contribution in [3.05, 3.63) is 45.0 Å². The van der Waals surface area contributed by atoms with E-state index in [1.54, 1.807) is 24.4 Å². The summed E-state index contributed by atoms with van der Waals surface area (Å²) in [5, 5.41) is 10.2. The van der Waals surface area contributed by atoms with E-state index in [0.717, 1.165) is 4.47 Å². The summed E-state index contributed by atoms with van der Waals surface area (Å²) in [6.45, 7) is 0. The van der Waals surface area contributed by atoms with Crippen LogP contribution >= 0.6 is 31.9 Å². The molecule has 0 saturated carbocycles. The van der Waals surface area contributed by atoms with Gasteiger partial charge in [-0.25, -0.2) is 0 Å². The minimum Gasteiger partial charge on any atom is -0.495 e. The molecule has 0 aliphatic heterocycles. The van der Waals surface area contributed by atoms with Crippen molar-refractivity contribution in [1.82, 2.24) is 4.98 Å². The molecule has 1 atom stereocenters. The zero-order valence-electron chi connectivity index (χ0n) is 8.85. The lowest BCUT2D eigenvalue weighted by Gasteiger charge is -2.10. The summed E-state index contributed by atoms with van der Waals surface area (Å²) in [7, 11) is 1.53. The average Bonchev–Trinajstić information content (AvgIpc) is 2.68. The second kappa shape index (κ2) is 5.20. The van der Waals surface area contributed by atoms with Gasteiger partial charge >= 0.3 is 0 Å². The van der Waals surface area contributed by atoms with Gasteiger partial charge in [0, 0.05) is 6.20 Å². The highest BCUT2D eigenvalue weighted by atomic mass is 79.9. The fraction of sp³-hybridized carbons (Fsp3) is 0.182. The van der Waals surface area contributed by atoms with Crippen LogP contribution in [0.15, 0.2) is 38.0 Å². The third-order valence-electron chi connectivity index (χ3n) is 2.21. The first kappa shape index (κ1) is 12.6. The van der Waals surface area contributed by atoms with E-state index < -0.39 is 6.10 Å². The summed E-state index contributed by atoms with van der Waals surface area (Å²) >= 11 is 6.51. The van der Waals surface area contributed by atoms with Crippen molar-refractivity contribution < 1.29 is 14.3 Å². The molecule has 90 valence electrons. The fourth-order valence-electron chi connectivity index (χ4n) is 1.41. The normalized spacial score (nSPS) is 12.5. The highest BCUT2D eigenvalue weighted by Crippen LogP contribution is 2.34. The molecule has 0 aliphatic carbocycles. The van der Waals surface area contributed by atoms with Crippen LogP contribution in [-0.4, -0.2) is 17.2 Å². The molecule has 0 aromatic carbocycles. The maximum Gasteiger partial charge on any atom is 0.183 e. The predicted molar refractivity (Wildman–Crippen MR) is 69.0 cm³/mol. The van der Waals surface area contributed by atoms with Crippen molar-refractivity contribution in [1.29, 1.82) is 0 Å². The summed E-state index contributed by atoms with van der Waals surface area (Å²) < 4.78 is 11.8. The van der Waals surface area contributed by atoms with Crippen LogP contribution in [0.25, 0.3) is 0 Å². The number of nitrogens with zero attached hydrogens (tertiary/aromatic N) is 1. The number of hydrogen-bond acceptors (Lipinski definition) is 4. The predicted octanol–water partition coefficient (Wildman–Crippen LogP) is 3.29. The number of ether oxygens (including phenoxy) is 1. The second-order valence-corrected chi connectivity index (χ2v) is 4.84. The molecular weight excluding hydrogens is 354 g/mol. The van der Waals surface area contributed by atoms with Crippen LogP contribution in [0, 0.1) is 0 Å². The quantitative estimate of drug-likeness (QED) is 0.910. The maximum atomic E-state index is 10.2. The van der Waals surface area contributed by atoms with E-state index in [1.807, 2.05) is 0 Å². The van der Waals surface area contributed by atoms with Gasteiger partial charge in [-0.1, -0.05) is 0 Å². The van der Waals surface area contributed by atoms with Gasteiger partial charge in [-0.3, -0.25) is 4.98 Å². The molecule has 0 aliphatic rings. The van der Waals surface area contributed by atoms with E-state index >= 15 is 0 Å². The summed E-state index contributed by atoms with van der Waals surface area (Å²) in [5.74, 6) is 0.907. The Hall–Kier alpha value is -0.850. The van der Waals surface area contributed by atoms with Crippen LogP contribution in [0.1, 0.15) is 17.6 Å². The highest BCUT2D eigenvalue weighted by molar-refractivity contribution is 9.13. The Kier molecular flexibility index (Phi) is 3.86. The average molecular weight is 363 g/mol. The molecule has 0 spiro atoms. The van der Waals surface area contributed by atoms with Gasteiger partial charge in [0.05, 0.1) is 11.6 Å². The molecule has 4 nitrogen and oxygen atoms in total. The number of rotatable bonds is 3. The Morgan fingerprint density at radius 2 is 2.24 bits per heavy atom. The van der Waals surface area contributed by atoms with Crippen molar-refractivity contribution in [3.63, 3.8) is 0 Å². The standard InChI is InChI=1S/C11H9Br2NO3/c1-16-7-3-2-4-14-9(7)10(15)8-5-6(12)11(13)17-8/h2-5,10,15H,1H3. The Bertz CT molecular complexity index is 508. The van der Waals surface area contributed by atoms with Gasteiger partial charge in [-0.2, -0.15) is 0 Å². The first-order chi connectivity index (χ1) is 8.13. The summed E-state index contributed by atoms with van der Waals surface area (Å²) in [5.41, 5.74) is 0.420. The SMILES string of the molecule is COc1cccnc1C(O)c1cc(Br)c(Br)o1. The van der Waals surface area contributed by atoms with Crippen LogP contribution in [0.4, 0.5) is 0 Å². The molecule has 0 radical (unpaired) electrons. The maximum absolute atomic E-state index is 10.2. The molecule has 0 amide bonds. The van der Waals surface area contributed by atoms with Crippen molar-refractivity contribution in [2.24, 2.45) is 0 Å². The Morgan fingerprint density at radius 1 is 1.47 bits per heavy atom. The number of hydrogen-bond donors (Lipinski definition) is 1. The second-order valence-electron chi connectivity index (χ2n) is 3.26. The van der Waals surface area contributed by atoms with Crippen molar-refractivity contribution >= 4 is 31.9 Å². The molecule has 2 heterocycles. The third kappa shape index (κ3) is 2.53. The zero-order chi connectivity index (χ0) is 12.4. The molecule has 0 bridgehead atoms. The van der Waals surface area contributed by atoms with Crippen LogP contribution in [0.2, 0.25) is 0 Å². The van der Waals surface area contributed by atoms with Gasteiger partial charge < -0.3 is 14.3 Å². The first-order valence-electron chi connectivity index (χ1n) is 4.75. The van der Waals surface area contributed by atoms with E-state index in [4.69, 9.17) is 9.15 Å². The lowest BCUT2D eigenvalue weighted by Crippen LogP contribution is -2.03. The summed E-state index contributed by atoms with van der Waals surface area (Å²) in [6, 6.07) is 5.16. The minimum atomic E-state index is -0.964. The number of aliphatic hydroxyl groups is 1. The lowest BCUT2D eigenvalue weighted by molar-refractivity contribution is 0.178. The number of halogens is 2. The third-order valence-corrected chi connectivity index (χ3v) is 3.92. The van der Waals surface area contributed by atoms with Crippen molar-refractivity contribution in [2.75, 3.05) is 7.11 Å². The number of methoxy groups -OCH3 is 1. The smallest absolute Gasteiger partial charge is 0.183 e. The molecule has 2 aromatic rings. The van der Waals surface area contributed by atoms with Crippen LogP contribution < -0.4 is 4.74 Å². The van der Waals surface area contributed by atoms with Crippen LogP contribution in [-0.2, 0) is 0 Å². The number of aliphatic hydroxyl groups excluding tert-OH is 1. The first-order valence-corrected chi connectivity index (χ1v) is 6.33.